The fraction of sp³-hybridized carbons (Fsp3) is 0.786. The molecule has 2 heterocycles. The van der Waals surface area contributed by atoms with Crippen molar-refractivity contribution in [2.24, 2.45) is 11.7 Å². The molecule has 2 aromatic rings. The highest BCUT2D eigenvalue weighted by molar-refractivity contribution is 7.16. The van der Waals surface area contributed by atoms with E-state index in [1.54, 1.807) is 11.3 Å². The number of nitrogens with zero attached hydrogens (tertiary/aromatic N) is 4. The van der Waals surface area contributed by atoms with Gasteiger partial charge in [0.1, 0.15) is 5.01 Å². The Kier molecular flexibility index (Phi) is 3.14. The Morgan fingerprint density at radius 1 is 1.25 bits per heavy atom. The van der Waals surface area contributed by atoms with E-state index in [0.717, 1.165) is 34.6 Å². The lowest BCUT2D eigenvalue weighted by atomic mass is 9.78. The van der Waals surface area contributed by atoms with E-state index < -0.39 is 0 Å². The fourth-order valence-electron chi connectivity index (χ4n) is 2.78. The summed E-state index contributed by atoms with van der Waals surface area (Å²) in [5.74, 6) is 1.69. The molecule has 5 nitrogen and oxygen atoms in total. The number of hydrogen-bond donors (Lipinski definition) is 1. The minimum absolute atomic E-state index is 0.0619. The van der Waals surface area contributed by atoms with Crippen LogP contribution >= 0.6 is 11.3 Å². The van der Waals surface area contributed by atoms with Gasteiger partial charge in [-0.15, -0.1) is 10.2 Å². The van der Waals surface area contributed by atoms with Gasteiger partial charge in [-0.1, -0.05) is 39.0 Å². The summed E-state index contributed by atoms with van der Waals surface area (Å²) in [5.41, 5.74) is 6.28. The summed E-state index contributed by atoms with van der Waals surface area (Å²) in [6.07, 6.45) is 4.40. The van der Waals surface area contributed by atoms with Crippen LogP contribution in [0.25, 0.3) is 4.96 Å². The van der Waals surface area contributed by atoms with E-state index in [4.69, 9.17) is 10.8 Å². The highest BCUT2D eigenvalue weighted by Gasteiger charge is 2.36. The minimum atomic E-state index is -0.271. The molecule has 0 atom stereocenters. The van der Waals surface area contributed by atoms with Crippen molar-refractivity contribution in [3.63, 3.8) is 0 Å². The zero-order valence-electron chi connectivity index (χ0n) is 12.7. The molecular weight excluding hydrogens is 270 g/mol. The van der Waals surface area contributed by atoms with E-state index >= 15 is 0 Å². The summed E-state index contributed by atoms with van der Waals surface area (Å²) in [6.45, 7) is 8.69. The molecule has 0 saturated heterocycles. The number of aromatic nitrogens is 4. The Morgan fingerprint density at radius 2 is 1.90 bits per heavy atom. The van der Waals surface area contributed by atoms with Crippen molar-refractivity contribution in [1.82, 2.24) is 19.8 Å². The minimum Gasteiger partial charge on any atom is -0.319 e. The zero-order chi connectivity index (χ0) is 14.5. The Labute approximate surface area is 123 Å². The Morgan fingerprint density at radius 3 is 2.50 bits per heavy atom. The highest BCUT2D eigenvalue weighted by atomic mass is 32.1. The fourth-order valence-corrected chi connectivity index (χ4v) is 3.78. The van der Waals surface area contributed by atoms with Crippen molar-refractivity contribution in [2.45, 2.75) is 64.3 Å². The van der Waals surface area contributed by atoms with Gasteiger partial charge in [0.2, 0.25) is 4.96 Å². The van der Waals surface area contributed by atoms with Gasteiger partial charge in [0, 0.05) is 5.41 Å². The van der Waals surface area contributed by atoms with E-state index in [9.17, 15) is 0 Å². The van der Waals surface area contributed by atoms with Crippen LogP contribution in [-0.4, -0.2) is 19.8 Å². The second-order valence-corrected chi connectivity index (χ2v) is 8.17. The molecule has 2 N–H and O–H groups in total. The third kappa shape index (κ3) is 2.24. The molecule has 2 aromatic heterocycles. The smallest absolute Gasteiger partial charge is 0.234 e. The molecule has 0 bridgehead atoms. The number of rotatable bonds is 1. The first-order chi connectivity index (χ1) is 9.29. The Balaban J connectivity index is 1.99. The normalized spacial score (nSPS) is 28.1. The number of hydrogen-bond acceptors (Lipinski definition) is 5. The number of nitrogens with two attached hydrogens (primary N) is 1. The maximum atomic E-state index is 6.61. The van der Waals surface area contributed by atoms with Crippen molar-refractivity contribution in [3.8, 4) is 0 Å². The van der Waals surface area contributed by atoms with E-state index in [1.807, 2.05) is 4.52 Å². The Hall–Kier alpha value is -1.01. The molecule has 0 radical (unpaired) electrons. The van der Waals surface area contributed by atoms with Gasteiger partial charge >= 0.3 is 0 Å². The second kappa shape index (κ2) is 4.49. The molecule has 0 aromatic carbocycles. The highest BCUT2D eigenvalue weighted by Crippen LogP contribution is 2.39. The predicted molar refractivity (Wildman–Crippen MR) is 80.9 cm³/mol. The molecule has 6 heteroatoms. The van der Waals surface area contributed by atoms with Crippen LogP contribution in [0.2, 0.25) is 0 Å². The molecule has 0 amide bonds. The molecule has 3 rings (SSSR count). The summed E-state index contributed by atoms with van der Waals surface area (Å²) in [4.78, 5) is 0.855. The summed E-state index contributed by atoms with van der Waals surface area (Å²) in [7, 11) is 0. The van der Waals surface area contributed by atoms with Gasteiger partial charge in [-0.2, -0.15) is 9.61 Å². The van der Waals surface area contributed by atoms with Gasteiger partial charge in [-0.25, -0.2) is 0 Å². The van der Waals surface area contributed by atoms with E-state index in [0.29, 0.717) is 0 Å². The van der Waals surface area contributed by atoms with Gasteiger partial charge in [-0.05, 0) is 31.6 Å². The van der Waals surface area contributed by atoms with Crippen LogP contribution in [0.1, 0.15) is 64.2 Å². The first-order valence-corrected chi connectivity index (χ1v) is 8.13. The maximum Gasteiger partial charge on any atom is 0.234 e. The third-order valence-electron chi connectivity index (χ3n) is 4.25. The van der Waals surface area contributed by atoms with Gasteiger partial charge in [0.25, 0.3) is 0 Å². The van der Waals surface area contributed by atoms with Gasteiger partial charge in [0.15, 0.2) is 5.82 Å². The van der Waals surface area contributed by atoms with Gasteiger partial charge < -0.3 is 5.73 Å². The molecule has 1 fully saturated rings. The lowest BCUT2D eigenvalue weighted by molar-refractivity contribution is 0.245. The second-order valence-electron chi connectivity index (χ2n) is 7.21. The van der Waals surface area contributed by atoms with Gasteiger partial charge in [-0.3, -0.25) is 0 Å². The first kappa shape index (κ1) is 13.9. The summed E-state index contributed by atoms with van der Waals surface area (Å²) < 4.78 is 1.88. The molecule has 0 aliphatic heterocycles. The average molecular weight is 293 g/mol. The van der Waals surface area contributed by atoms with Crippen LogP contribution in [0.15, 0.2) is 0 Å². The van der Waals surface area contributed by atoms with Crippen molar-refractivity contribution in [2.75, 3.05) is 0 Å². The average Bonchev–Trinajstić information content (AvgIpc) is 2.91. The molecule has 0 spiro atoms. The molecule has 0 unspecified atom stereocenters. The van der Waals surface area contributed by atoms with E-state index in [1.165, 1.54) is 12.8 Å². The molecule has 20 heavy (non-hydrogen) atoms. The zero-order valence-corrected chi connectivity index (χ0v) is 13.5. The molecule has 1 aliphatic rings. The summed E-state index contributed by atoms with van der Waals surface area (Å²) in [5, 5.41) is 14.3. The van der Waals surface area contributed by atoms with Crippen LogP contribution < -0.4 is 5.73 Å². The summed E-state index contributed by atoms with van der Waals surface area (Å²) in [6, 6.07) is 0. The van der Waals surface area contributed by atoms with Crippen LogP contribution in [-0.2, 0) is 11.0 Å². The topological polar surface area (TPSA) is 69.1 Å². The van der Waals surface area contributed by atoms with E-state index in [-0.39, 0.29) is 11.0 Å². The summed E-state index contributed by atoms with van der Waals surface area (Å²) >= 11 is 1.59. The maximum absolute atomic E-state index is 6.61. The Bertz CT molecular complexity index is 613. The lowest BCUT2D eigenvalue weighted by Crippen LogP contribution is -2.40. The van der Waals surface area contributed by atoms with Crippen molar-refractivity contribution >= 4 is 16.3 Å². The predicted octanol–water partition coefficient (Wildman–Crippen LogP) is 2.85. The van der Waals surface area contributed by atoms with Crippen LogP contribution in [0, 0.1) is 5.92 Å². The molecular formula is C14H23N5S. The van der Waals surface area contributed by atoms with Crippen molar-refractivity contribution < 1.29 is 0 Å². The van der Waals surface area contributed by atoms with Crippen LogP contribution in [0.3, 0.4) is 0 Å². The lowest BCUT2D eigenvalue weighted by Gasteiger charge is -2.33. The van der Waals surface area contributed by atoms with Crippen LogP contribution in [0.4, 0.5) is 0 Å². The largest absolute Gasteiger partial charge is 0.319 e. The molecule has 1 saturated carbocycles. The van der Waals surface area contributed by atoms with Crippen molar-refractivity contribution in [3.05, 3.63) is 10.8 Å². The monoisotopic (exact) mass is 293 g/mol. The SMILES string of the molecule is CC1CCC(N)(c2nn3c(C(C)(C)C)nnc3s2)CC1. The first-order valence-electron chi connectivity index (χ1n) is 7.32. The van der Waals surface area contributed by atoms with Crippen molar-refractivity contribution in [1.29, 1.82) is 0 Å². The standard InChI is InChI=1S/C14H23N5S/c1-9-5-7-14(15,8-6-9)11-18-19-10(13(2,3)4)16-17-12(19)20-11/h9H,5-8,15H2,1-4H3. The quantitative estimate of drug-likeness (QED) is 0.877. The third-order valence-corrected chi connectivity index (χ3v) is 5.37. The van der Waals surface area contributed by atoms with E-state index in [2.05, 4.69) is 37.9 Å². The molecule has 110 valence electrons. The number of fused-ring (bicyclic) bond motifs is 1. The van der Waals surface area contributed by atoms with Crippen LogP contribution in [0.5, 0.6) is 0 Å². The molecule has 1 aliphatic carbocycles. The van der Waals surface area contributed by atoms with Gasteiger partial charge in [0.05, 0.1) is 5.54 Å².